The van der Waals surface area contributed by atoms with Crippen LogP contribution in [0.15, 0.2) is 0 Å². The molecule has 0 radical (unpaired) electrons. The minimum Gasteiger partial charge on any atom is -0.392 e. The number of carbonyl (C=O) groups is 1. The normalized spacial score (nSPS) is 38.9. The van der Waals surface area contributed by atoms with Gasteiger partial charge in [0.05, 0.1) is 12.0 Å². The number of aliphatic hydroxyl groups is 2. The average Bonchev–Trinajstić information content (AvgIpc) is 2.55. The van der Waals surface area contributed by atoms with E-state index in [4.69, 9.17) is 0 Å². The van der Waals surface area contributed by atoms with E-state index in [9.17, 15) is 15.0 Å². The minimum atomic E-state index is -0.584. The highest BCUT2D eigenvalue weighted by Gasteiger charge is 2.59. The summed E-state index contributed by atoms with van der Waals surface area (Å²) in [5.41, 5.74) is -0.229. The van der Waals surface area contributed by atoms with Crippen LogP contribution in [0.2, 0.25) is 0 Å². The van der Waals surface area contributed by atoms with E-state index >= 15 is 0 Å². The molecule has 3 aliphatic rings. The first kappa shape index (κ1) is 17.0. The number of hydrogen-bond donors (Lipinski definition) is 2. The van der Waals surface area contributed by atoms with Crippen molar-refractivity contribution in [3.05, 3.63) is 0 Å². The topological polar surface area (TPSA) is 57.5 Å². The molecule has 0 bridgehead atoms. The largest absolute Gasteiger partial charge is 0.392 e. The number of hydrogen-bond acceptors (Lipinski definition) is 3. The van der Waals surface area contributed by atoms with Gasteiger partial charge in [0.15, 0.2) is 0 Å². The molecule has 3 fully saturated rings. The van der Waals surface area contributed by atoms with E-state index < -0.39 is 12.2 Å². The molecule has 0 aliphatic heterocycles. The molecule has 0 heterocycles. The number of ketones is 1. The molecule has 3 rings (SSSR count). The van der Waals surface area contributed by atoms with Crippen LogP contribution in [0.1, 0.15) is 71.1 Å². The summed E-state index contributed by atoms with van der Waals surface area (Å²) in [4.78, 5) is 12.1. The highest BCUT2D eigenvalue weighted by molar-refractivity contribution is 5.91. The van der Waals surface area contributed by atoms with E-state index in [1.165, 1.54) is 32.1 Å². The van der Waals surface area contributed by atoms with Gasteiger partial charge in [-0.15, -0.1) is 0 Å². The number of fused-ring (bicyclic) bond motifs is 1. The Morgan fingerprint density at radius 2 is 2.00 bits per heavy atom. The fourth-order valence-corrected chi connectivity index (χ4v) is 5.15. The van der Waals surface area contributed by atoms with Gasteiger partial charge < -0.3 is 10.2 Å². The van der Waals surface area contributed by atoms with Gasteiger partial charge in [-0.25, -0.2) is 0 Å². The van der Waals surface area contributed by atoms with E-state index in [0.717, 1.165) is 19.3 Å². The average molecular weight is 318 g/mol. The standard InChI is InChI=1S/C20H30O3/c1-2-20-11-10-18(22)16(17(20)13-19(20)23)9-8-15(21)12-14-6-4-3-5-7-14/h14-18,21-22H,2-7,10-13H2,1H3/t15-,16-,17-,18-,20+/m1/s1. The smallest absolute Gasteiger partial charge is 0.139 e. The molecule has 0 aromatic rings. The maximum absolute atomic E-state index is 12.1. The molecule has 0 amide bonds. The second-order valence-electron chi connectivity index (χ2n) is 7.92. The molecule has 2 N–H and O–H groups in total. The van der Waals surface area contributed by atoms with Crippen LogP contribution < -0.4 is 0 Å². The predicted molar refractivity (Wildman–Crippen MR) is 89.5 cm³/mol. The second-order valence-corrected chi connectivity index (χ2v) is 7.92. The molecule has 3 aliphatic carbocycles. The number of rotatable bonds is 3. The SMILES string of the molecule is CC[C@]12CC[C@@H](O)[C@H](C#C[C@@H](O)CC3CCCCC3)[C@H]1CC2=O. The lowest BCUT2D eigenvalue weighted by Gasteiger charge is -2.54. The Labute approximate surface area is 139 Å². The van der Waals surface area contributed by atoms with E-state index in [-0.39, 0.29) is 17.3 Å². The minimum absolute atomic E-state index is 0.137. The van der Waals surface area contributed by atoms with Crippen LogP contribution in [0.3, 0.4) is 0 Å². The molecule has 0 spiro atoms. The van der Waals surface area contributed by atoms with Crippen molar-refractivity contribution in [2.24, 2.45) is 23.2 Å². The molecule has 3 heteroatoms. The van der Waals surface area contributed by atoms with E-state index in [1.807, 2.05) is 0 Å². The zero-order valence-corrected chi connectivity index (χ0v) is 14.3. The monoisotopic (exact) mass is 318 g/mol. The molecular formula is C20H30O3. The van der Waals surface area contributed by atoms with Crippen molar-refractivity contribution < 1.29 is 15.0 Å². The van der Waals surface area contributed by atoms with Gasteiger partial charge in [0.1, 0.15) is 11.9 Å². The molecule has 0 unspecified atom stereocenters. The molecular weight excluding hydrogens is 288 g/mol. The Morgan fingerprint density at radius 1 is 1.26 bits per heavy atom. The van der Waals surface area contributed by atoms with Crippen molar-refractivity contribution in [2.45, 2.75) is 83.3 Å². The highest BCUT2D eigenvalue weighted by atomic mass is 16.3. The number of aliphatic hydroxyl groups excluding tert-OH is 2. The maximum Gasteiger partial charge on any atom is 0.139 e. The summed E-state index contributed by atoms with van der Waals surface area (Å²) < 4.78 is 0. The summed E-state index contributed by atoms with van der Waals surface area (Å²) in [6.07, 6.45) is 8.90. The number of carbonyl (C=O) groups excluding carboxylic acids is 1. The third-order valence-corrected chi connectivity index (χ3v) is 6.73. The van der Waals surface area contributed by atoms with Crippen molar-refractivity contribution in [1.29, 1.82) is 0 Å². The first-order valence-electron chi connectivity index (χ1n) is 9.47. The van der Waals surface area contributed by atoms with Gasteiger partial charge >= 0.3 is 0 Å². The summed E-state index contributed by atoms with van der Waals surface area (Å²) in [6.45, 7) is 2.07. The van der Waals surface area contributed by atoms with Crippen LogP contribution in [0, 0.1) is 35.0 Å². The fraction of sp³-hybridized carbons (Fsp3) is 0.850. The molecule has 3 saturated carbocycles. The lowest BCUT2D eigenvalue weighted by atomic mass is 9.48. The molecule has 0 saturated heterocycles. The molecule has 23 heavy (non-hydrogen) atoms. The third kappa shape index (κ3) is 3.21. The van der Waals surface area contributed by atoms with Gasteiger partial charge in [0.25, 0.3) is 0 Å². The van der Waals surface area contributed by atoms with Crippen molar-refractivity contribution >= 4 is 5.78 Å². The summed E-state index contributed by atoms with van der Waals surface area (Å²) in [7, 11) is 0. The summed E-state index contributed by atoms with van der Waals surface area (Å²) >= 11 is 0. The zero-order valence-electron chi connectivity index (χ0n) is 14.3. The molecule has 5 atom stereocenters. The first-order valence-corrected chi connectivity index (χ1v) is 9.47. The molecule has 128 valence electrons. The summed E-state index contributed by atoms with van der Waals surface area (Å²) in [5.74, 6) is 7.19. The molecule has 0 aromatic heterocycles. The van der Waals surface area contributed by atoms with Crippen molar-refractivity contribution in [3.63, 3.8) is 0 Å². The van der Waals surface area contributed by atoms with Crippen molar-refractivity contribution in [1.82, 2.24) is 0 Å². The Bertz CT molecular complexity index is 497. The van der Waals surface area contributed by atoms with Crippen LogP contribution in [0.4, 0.5) is 0 Å². The summed E-state index contributed by atoms with van der Waals surface area (Å²) in [5, 5.41) is 20.6. The van der Waals surface area contributed by atoms with E-state index in [0.29, 0.717) is 24.5 Å². The Kier molecular flexibility index (Phi) is 5.13. The highest BCUT2D eigenvalue weighted by Crippen LogP contribution is 2.57. The molecule has 3 nitrogen and oxygen atoms in total. The van der Waals surface area contributed by atoms with Crippen LogP contribution in [-0.2, 0) is 4.79 Å². The lowest BCUT2D eigenvalue weighted by molar-refractivity contribution is -0.160. The Balaban J connectivity index is 1.63. The van der Waals surface area contributed by atoms with E-state index in [2.05, 4.69) is 18.8 Å². The predicted octanol–water partition coefficient (Wildman–Crippen LogP) is 3.08. The van der Waals surface area contributed by atoms with Crippen LogP contribution in [-0.4, -0.2) is 28.2 Å². The third-order valence-electron chi connectivity index (χ3n) is 6.73. The lowest BCUT2D eigenvalue weighted by Crippen LogP contribution is -2.58. The zero-order chi connectivity index (χ0) is 16.4. The van der Waals surface area contributed by atoms with Gasteiger partial charge in [0.2, 0.25) is 0 Å². The van der Waals surface area contributed by atoms with Crippen LogP contribution in [0.5, 0.6) is 0 Å². The van der Waals surface area contributed by atoms with Gasteiger partial charge in [-0.1, -0.05) is 50.9 Å². The number of Topliss-reactive ketones (excluding diaryl/α,β-unsaturated/α-hetero) is 1. The van der Waals surface area contributed by atoms with Gasteiger partial charge in [0, 0.05) is 11.8 Å². The quantitative estimate of drug-likeness (QED) is 0.786. The summed E-state index contributed by atoms with van der Waals surface area (Å²) in [6, 6.07) is 0. The van der Waals surface area contributed by atoms with Gasteiger partial charge in [-0.3, -0.25) is 4.79 Å². The fourth-order valence-electron chi connectivity index (χ4n) is 5.15. The second kappa shape index (κ2) is 6.95. The van der Waals surface area contributed by atoms with Crippen molar-refractivity contribution in [3.8, 4) is 11.8 Å². The van der Waals surface area contributed by atoms with Crippen LogP contribution in [0.25, 0.3) is 0 Å². The van der Waals surface area contributed by atoms with Gasteiger partial charge in [-0.2, -0.15) is 0 Å². The molecule has 0 aromatic carbocycles. The van der Waals surface area contributed by atoms with E-state index in [1.54, 1.807) is 0 Å². The maximum atomic E-state index is 12.1. The Hall–Kier alpha value is -0.850. The first-order chi connectivity index (χ1) is 11.1. The van der Waals surface area contributed by atoms with Gasteiger partial charge in [-0.05, 0) is 37.5 Å². The van der Waals surface area contributed by atoms with Crippen molar-refractivity contribution in [2.75, 3.05) is 0 Å². The Morgan fingerprint density at radius 3 is 2.65 bits per heavy atom. The van der Waals surface area contributed by atoms with Crippen LogP contribution >= 0.6 is 0 Å².